The summed E-state index contributed by atoms with van der Waals surface area (Å²) in [5, 5.41) is 16.8. The van der Waals surface area contributed by atoms with E-state index in [1.165, 1.54) is 4.88 Å². The van der Waals surface area contributed by atoms with Crippen molar-refractivity contribution in [3.63, 3.8) is 0 Å². The molecule has 24 heavy (non-hydrogen) atoms. The zero-order valence-corrected chi connectivity index (χ0v) is 14.7. The number of aromatic nitrogens is 3. The van der Waals surface area contributed by atoms with E-state index >= 15 is 0 Å². The summed E-state index contributed by atoms with van der Waals surface area (Å²) in [5.41, 5.74) is 1.99. The number of amides is 1. The van der Waals surface area contributed by atoms with Crippen LogP contribution < -0.4 is 5.32 Å². The van der Waals surface area contributed by atoms with Crippen LogP contribution in [-0.4, -0.2) is 38.9 Å². The third-order valence-electron chi connectivity index (χ3n) is 3.69. The minimum atomic E-state index is -0.228. The van der Waals surface area contributed by atoms with Gasteiger partial charge in [-0.3, -0.25) is 4.79 Å². The monoisotopic (exact) mass is 344 g/mol. The van der Waals surface area contributed by atoms with Gasteiger partial charge in [-0.15, -0.1) is 11.3 Å². The fourth-order valence-electron chi connectivity index (χ4n) is 2.55. The van der Waals surface area contributed by atoms with Crippen LogP contribution in [0.25, 0.3) is 21.6 Å². The molecule has 0 spiro atoms. The lowest BCUT2D eigenvalue weighted by Gasteiger charge is -2.10. The van der Waals surface area contributed by atoms with Crippen molar-refractivity contribution in [1.82, 2.24) is 20.1 Å². The Morgan fingerprint density at radius 1 is 1.42 bits per heavy atom. The Morgan fingerprint density at radius 3 is 2.83 bits per heavy atom. The molecule has 0 aliphatic carbocycles. The molecule has 0 aliphatic rings. The molecule has 0 radical (unpaired) electrons. The number of thiophene rings is 1. The van der Waals surface area contributed by atoms with E-state index in [1.54, 1.807) is 23.6 Å². The number of aliphatic hydroxyl groups excluding tert-OH is 1. The highest BCUT2D eigenvalue weighted by Gasteiger charge is 2.18. The van der Waals surface area contributed by atoms with E-state index in [2.05, 4.69) is 10.4 Å². The van der Waals surface area contributed by atoms with E-state index in [4.69, 9.17) is 10.1 Å². The van der Waals surface area contributed by atoms with Crippen LogP contribution in [0.4, 0.5) is 0 Å². The van der Waals surface area contributed by atoms with Crippen LogP contribution in [-0.2, 0) is 0 Å². The molecule has 3 aromatic rings. The van der Waals surface area contributed by atoms with Crippen LogP contribution in [0.5, 0.6) is 0 Å². The Balaban J connectivity index is 2.19. The molecule has 0 atom stereocenters. The van der Waals surface area contributed by atoms with Gasteiger partial charge >= 0.3 is 0 Å². The minimum absolute atomic E-state index is 0.0950. The number of rotatable bonds is 5. The van der Waals surface area contributed by atoms with E-state index in [0.29, 0.717) is 11.2 Å². The Kier molecular flexibility index (Phi) is 4.64. The summed E-state index contributed by atoms with van der Waals surface area (Å²) in [6, 6.07) is 5.99. The van der Waals surface area contributed by atoms with Gasteiger partial charge in [0, 0.05) is 17.5 Å². The second kappa shape index (κ2) is 6.70. The van der Waals surface area contributed by atoms with Crippen molar-refractivity contribution >= 4 is 28.3 Å². The maximum atomic E-state index is 12.5. The first-order chi connectivity index (χ1) is 11.5. The quantitative estimate of drug-likeness (QED) is 0.746. The predicted octanol–water partition coefficient (Wildman–Crippen LogP) is 2.77. The highest BCUT2D eigenvalue weighted by Crippen LogP contribution is 2.30. The van der Waals surface area contributed by atoms with Crippen molar-refractivity contribution < 1.29 is 9.90 Å². The lowest BCUT2D eigenvalue weighted by atomic mass is 10.1. The van der Waals surface area contributed by atoms with Crippen LogP contribution in [0, 0.1) is 6.92 Å². The topological polar surface area (TPSA) is 80.0 Å². The Labute approximate surface area is 144 Å². The standard InChI is InChI=1S/C17H20N4O2S/c1-10(2)21-16-13(9-19-21)12(17(23)18-6-7-22)8-14(20-16)15-5-4-11(3)24-15/h4-5,8-10,22H,6-7H2,1-3H3,(H,18,23). The van der Waals surface area contributed by atoms with Crippen molar-refractivity contribution in [3.8, 4) is 10.6 Å². The Bertz CT molecular complexity index is 882. The molecule has 0 fully saturated rings. The summed E-state index contributed by atoms with van der Waals surface area (Å²) < 4.78 is 1.82. The van der Waals surface area contributed by atoms with Gasteiger partial charge in [-0.05, 0) is 39.0 Å². The minimum Gasteiger partial charge on any atom is -0.395 e. The molecule has 3 aromatic heterocycles. The number of carbonyl (C=O) groups excluding carboxylic acids is 1. The third-order valence-corrected chi connectivity index (χ3v) is 4.71. The molecule has 0 saturated carbocycles. The van der Waals surface area contributed by atoms with Gasteiger partial charge < -0.3 is 10.4 Å². The molecule has 0 aromatic carbocycles. The average Bonchev–Trinajstić information content (AvgIpc) is 3.17. The number of hydrogen-bond acceptors (Lipinski definition) is 5. The number of aryl methyl sites for hydroxylation is 1. The third kappa shape index (κ3) is 3.05. The highest BCUT2D eigenvalue weighted by molar-refractivity contribution is 7.15. The largest absolute Gasteiger partial charge is 0.395 e. The highest BCUT2D eigenvalue weighted by atomic mass is 32.1. The van der Waals surface area contributed by atoms with Gasteiger partial charge in [0.1, 0.15) is 0 Å². The molecule has 1 amide bonds. The smallest absolute Gasteiger partial charge is 0.252 e. The maximum absolute atomic E-state index is 12.5. The van der Waals surface area contributed by atoms with Crippen molar-refractivity contribution in [2.75, 3.05) is 13.2 Å². The fourth-order valence-corrected chi connectivity index (χ4v) is 3.38. The molecule has 0 unspecified atom stereocenters. The summed E-state index contributed by atoms with van der Waals surface area (Å²) in [5.74, 6) is -0.228. The van der Waals surface area contributed by atoms with Crippen molar-refractivity contribution in [1.29, 1.82) is 0 Å². The van der Waals surface area contributed by atoms with E-state index < -0.39 is 0 Å². The van der Waals surface area contributed by atoms with E-state index in [1.807, 2.05) is 37.6 Å². The van der Waals surface area contributed by atoms with E-state index in [9.17, 15) is 4.79 Å². The summed E-state index contributed by atoms with van der Waals surface area (Å²) in [6.07, 6.45) is 1.68. The number of nitrogens with zero attached hydrogens (tertiary/aromatic N) is 3. The zero-order valence-electron chi connectivity index (χ0n) is 13.9. The molecule has 2 N–H and O–H groups in total. The Hall–Kier alpha value is -2.25. The van der Waals surface area contributed by atoms with Gasteiger partial charge in [-0.2, -0.15) is 5.10 Å². The van der Waals surface area contributed by atoms with Gasteiger partial charge in [0.05, 0.1) is 34.3 Å². The van der Waals surface area contributed by atoms with Crippen LogP contribution in [0.15, 0.2) is 24.4 Å². The number of aliphatic hydroxyl groups is 1. The number of fused-ring (bicyclic) bond motifs is 1. The number of nitrogens with one attached hydrogen (secondary N) is 1. The molecule has 3 heterocycles. The van der Waals surface area contributed by atoms with Crippen LogP contribution in [0.2, 0.25) is 0 Å². The molecule has 126 valence electrons. The van der Waals surface area contributed by atoms with Gasteiger partial charge in [-0.25, -0.2) is 9.67 Å². The first-order valence-corrected chi connectivity index (χ1v) is 8.67. The van der Waals surface area contributed by atoms with Crippen molar-refractivity contribution in [2.45, 2.75) is 26.8 Å². The summed E-state index contributed by atoms with van der Waals surface area (Å²) in [4.78, 5) is 19.5. The molecule has 0 aliphatic heterocycles. The second-order valence-corrected chi connectivity index (χ2v) is 7.15. The first-order valence-electron chi connectivity index (χ1n) is 7.85. The molecule has 7 heteroatoms. The van der Waals surface area contributed by atoms with E-state index in [0.717, 1.165) is 16.0 Å². The molecule has 3 rings (SSSR count). The summed E-state index contributed by atoms with van der Waals surface area (Å²) in [7, 11) is 0. The first kappa shape index (κ1) is 16.6. The lowest BCUT2D eigenvalue weighted by Crippen LogP contribution is -2.26. The van der Waals surface area contributed by atoms with Gasteiger partial charge in [0.15, 0.2) is 5.65 Å². The molecular formula is C17H20N4O2S. The predicted molar refractivity (Wildman–Crippen MR) is 95.4 cm³/mol. The average molecular weight is 344 g/mol. The molecular weight excluding hydrogens is 324 g/mol. The maximum Gasteiger partial charge on any atom is 0.252 e. The zero-order chi connectivity index (χ0) is 17.3. The van der Waals surface area contributed by atoms with Gasteiger partial charge in [0.2, 0.25) is 0 Å². The molecule has 6 nitrogen and oxygen atoms in total. The molecule has 0 saturated heterocycles. The lowest BCUT2D eigenvalue weighted by molar-refractivity contribution is 0.0946. The Morgan fingerprint density at radius 2 is 2.21 bits per heavy atom. The SMILES string of the molecule is Cc1ccc(-c2cc(C(=O)NCCO)c3cnn(C(C)C)c3n2)s1. The number of pyridine rings is 1. The second-order valence-electron chi connectivity index (χ2n) is 5.87. The van der Waals surface area contributed by atoms with Crippen molar-refractivity contribution in [2.24, 2.45) is 0 Å². The van der Waals surface area contributed by atoms with Gasteiger partial charge in [0.25, 0.3) is 5.91 Å². The van der Waals surface area contributed by atoms with E-state index in [-0.39, 0.29) is 25.1 Å². The normalized spacial score (nSPS) is 11.4. The van der Waals surface area contributed by atoms with Crippen LogP contribution in [0.1, 0.15) is 35.1 Å². The van der Waals surface area contributed by atoms with Gasteiger partial charge in [-0.1, -0.05) is 0 Å². The fraction of sp³-hybridized carbons (Fsp3) is 0.353. The molecule has 0 bridgehead atoms. The van der Waals surface area contributed by atoms with Crippen LogP contribution in [0.3, 0.4) is 0 Å². The number of hydrogen-bond donors (Lipinski definition) is 2. The summed E-state index contributed by atoms with van der Waals surface area (Å²) >= 11 is 1.64. The number of carbonyl (C=O) groups is 1. The van der Waals surface area contributed by atoms with Crippen molar-refractivity contribution in [3.05, 3.63) is 34.8 Å². The van der Waals surface area contributed by atoms with Crippen LogP contribution >= 0.6 is 11.3 Å². The summed E-state index contributed by atoms with van der Waals surface area (Å²) in [6.45, 7) is 6.22.